The lowest BCUT2D eigenvalue weighted by atomic mass is 10.2. The van der Waals surface area contributed by atoms with E-state index in [1.54, 1.807) is 19.6 Å². The minimum absolute atomic E-state index is 0.636. The van der Waals surface area contributed by atoms with Gasteiger partial charge >= 0.3 is 0 Å². The Bertz CT molecular complexity index is 426. The maximum Gasteiger partial charge on any atom is 0.213 e. The molecule has 0 saturated heterocycles. The number of aromatic nitrogens is 1. The summed E-state index contributed by atoms with van der Waals surface area (Å²) < 4.78 is 10.3. The Kier molecular flexibility index (Phi) is 3.56. The first-order chi connectivity index (χ1) is 7.88. The molecule has 0 unspecified atom stereocenters. The monoisotopic (exact) mass is 218 g/mol. The van der Waals surface area contributed by atoms with E-state index in [0.717, 1.165) is 24.4 Å². The van der Waals surface area contributed by atoms with Gasteiger partial charge in [-0.3, -0.25) is 0 Å². The van der Waals surface area contributed by atoms with Gasteiger partial charge in [0.2, 0.25) is 5.88 Å². The van der Waals surface area contributed by atoms with E-state index in [9.17, 15) is 0 Å². The Labute approximate surface area is 94.3 Å². The van der Waals surface area contributed by atoms with Crippen molar-refractivity contribution >= 4 is 0 Å². The van der Waals surface area contributed by atoms with E-state index in [-0.39, 0.29) is 0 Å². The minimum Gasteiger partial charge on any atom is -0.481 e. The van der Waals surface area contributed by atoms with E-state index in [2.05, 4.69) is 10.3 Å². The lowest BCUT2D eigenvalue weighted by molar-refractivity contribution is 0.397. The van der Waals surface area contributed by atoms with Crippen molar-refractivity contribution in [3.8, 4) is 5.88 Å². The number of methoxy groups -OCH3 is 1. The van der Waals surface area contributed by atoms with E-state index in [0.29, 0.717) is 5.88 Å². The number of nitrogens with one attached hydrogen (secondary N) is 1. The van der Waals surface area contributed by atoms with Crippen LogP contribution in [0.15, 0.2) is 41.1 Å². The van der Waals surface area contributed by atoms with Gasteiger partial charge in [0.25, 0.3) is 0 Å². The molecule has 0 aliphatic carbocycles. The van der Waals surface area contributed by atoms with Crippen molar-refractivity contribution in [1.29, 1.82) is 0 Å². The third-order valence-electron chi connectivity index (χ3n) is 2.22. The SMILES string of the molecule is COc1cc(CNCc2ccco2)ccn1. The zero-order chi connectivity index (χ0) is 11.2. The Hall–Kier alpha value is -1.81. The first-order valence-corrected chi connectivity index (χ1v) is 5.10. The molecular formula is C12H14N2O2. The molecule has 0 atom stereocenters. The average molecular weight is 218 g/mol. The zero-order valence-electron chi connectivity index (χ0n) is 9.14. The van der Waals surface area contributed by atoms with Gasteiger partial charge in [-0.2, -0.15) is 0 Å². The molecule has 2 rings (SSSR count). The fourth-order valence-corrected chi connectivity index (χ4v) is 1.42. The van der Waals surface area contributed by atoms with Crippen LogP contribution in [0.25, 0.3) is 0 Å². The molecule has 0 radical (unpaired) electrons. The number of pyridine rings is 1. The van der Waals surface area contributed by atoms with Gasteiger partial charge in [0.05, 0.1) is 19.9 Å². The highest BCUT2D eigenvalue weighted by Crippen LogP contribution is 2.08. The maximum absolute atomic E-state index is 5.22. The van der Waals surface area contributed by atoms with Crippen LogP contribution in [0.4, 0.5) is 0 Å². The minimum atomic E-state index is 0.636. The van der Waals surface area contributed by atoms with Gasteiger partial charge < -0.3 is 14.5 Å². The van der Waals surface area contributed by atoms with Gasteiger partial charge in [-0.05, 0) is 23.8 Å². The van der Waals surface area contributed by atoms with Crippen LogP contribution < -0.4 is 10.1 Å². The lowest BCUT2D eigenvalue weighted by Gasteiger charge is -2.04. The van der Waals surface area contributed by atoms with Crippen LogP contribution in [0.1, 0.15) is 11.3 Å². The third-order valence-corrected chi connectivity index (χ3v) is 2.22. The molecule has 84 valence electrons. The van der Waals surface area contributed by atoms with Crippen molar-refractivity contribution in [2.24, 2.45) is 0 Å². The summed E-state index contributed by atoms with van der Waals surface area (Å²) in [7, 11) is 1.61. The zero-order valence-corrected chi connectivity index (χ0v) is 9.14. The Morgan fingerprint density at radius 2 is 2.31 bits per heavy atom. The Morgan fingerprint density at radius 1 is 1.38 bits per heavy atom. The first kappa shape index (κ1) is 10.7. The predicted octanol–water partition coefficient (Wildman–Crippen LogP) is 1.97. The van der Waals surface area contributed by atoms with Crippen molar-refractivity contribution in [1.82, 2.24) is 10.3 Å². The van der Waals surface area contributed by atoms with E-state index >= 15 is 0 Å². The lowest BCUT2D eigenvalue weighted by Crippen LogP contribution is -2.12. The van der Waals surface area contributed by atoms with Crippen molar-refractivity contribution in [3.63, 3.8) is 0 Å². The van der Waals surface area contributed by atoms with Crippen LogP contribution in [0.3, 0.4) is 0 Å². The molecule has 2 aromatic rings. The quantitative estimate of drug-likeness (QED) is 0.833. The predicted molar refractivity (Wildman–Crippen MR) is 60.0 cm³/mol. The molecule has 0 fully saturated rings. The van der Waals surface area contributed by atoms with Gasteiger partial charge in [-0.25, -0.2) is 4.98 Å². The summed E-state index contributed by atoms with van der Waals surface area (Å²) in [5.41, 5.74) is 1.14. The van der Waals surface area contributed by atoms with E-state index in [1.165, 1.54) is 0 Å². The Balaban J connectivity index is 1.85. The number of ether oxygens (including phenoxy) is 1. The van der Waals surface area contributed by atoms with Crippen LogP contribution in [0.5, 0.6) is 5.88 Å². The van der Waals surface area contributed by atoms with Gasteiger partial charge in [0, 0.05) is 18.8 Å². The largest absolute Gasteiger partial charge is 0.481 e. The van der Waals surface area contributed by atoms with Gasteiger partial charge in [-0.15, -0.1) is 0 Å². The highest BCUT2D eigenvalue weighted by molar-refractivity contribution is 5.20. The number of nitrogens with zero attached hydrogens (tertiary/aromatic N) is 1. The van der Waals surface area contributed by atoms with Gasteiger partial charge in [-0.1, -0.05) is 0 Å². The van der Waals surface area contributed by atoms with Crippen LogP contribution in [0.2, 0.25) is 0 Å². The fraction of sp³-hybridized carbons (Fsp3) is 0.250. The number of rotatable bonds is 5. The molecule has 16 heavy (non-hydrogen) atoms. The number of hydrogen-bond acceptors (Lipinski definition) is 4. The molecule has 0 amide bonds. The second-order valence-electron chi connectivity index (χ2n) is 3.39. The third kappa shape index (κ3) is 2.84. The van der Waals surface area contributed by atoms with E-state index < -0.39 is 0 Å². The van der Waals surface area contributed by atoms with Crippen molar-refractivity contribution in [2.75, 3.05) is 7.11 Å². The summed E-state index contributed by atoms with van der Waals surface area (Å²) in [5.74, 6) is 1.57. The molecule has 0 bridgehead atoms. The molecule has 4 heteroatoms. The molecule has 4 nitrogen and oxygen atoms in total. The molecule has 0 saturated carbocycles. The first-order valence-electron chi connectivity index (χ1n) is 5.10. The number of furan rings is 1. The highest BCUT2D eigenvalue weighted by Gasteiger charge is 1.98. The topological polar surface area (TPSA) is 47.3 Å². The number of hydrogen-bond donors (Lipinski definition) is 1. The molecular weight excluding hydrogens is 204 g/mol. The Morgan fingerprint density at radius 3 is 3.06 bits per heavy atom. The summed E-state index contributed by atoms with van der Waals surface area (Å²) >= 11 is 0. The fourth-order valence-electron chi connectivity index (χ4n) is 1.42. The molecule has 0 aromatic carbocycles. The summed E-state index contributed by atoms with van der Waals surface area (Å²) in [5, 5.41) is 3.28. The molecule has 0 spiro atoms. The van der Waals surface area contributed by atoms with Crippen molar-refractivity contribution < 1.29 is 9.15 Å². The van der Waals surface area contributed by atoms with Crippen LogP contribution in [-0.4, -0.2) is 12.1 Å². The standard InChI is InChI=1S/C12H14N2O2/c1-15-12-7-10(4-5-14-12)8-13-9-11-3-2-6-16-11/h2-7,13H,8-9H2,1H3. The van der Waals surface area contributed by atoms with Crippen molar-refractivity contribution in [2.45, 2.75) is 13.1 Å². The van der Waals surface area contributed by atoms with Crippen LogP contribution >= 0.6 is 0 Å². The van der Waals surface area contributed by atoms with Crippen molar-refractivity contribution in [3.05, 3.63) is 48.0 Å². The van der Waals surface area contributed by atoms with E-state index in [4.69, 9.17) is 9.15 Å². The second kappa shape index (κ2) is 5.32. The maximum atomic E-state index is 5.22. The van der Waals surface area contributed by atoms with Crippen LogP contribution in [0, 0.1) is 0 Å². The summed E-state index contributed by atoms with van der Waals surface area (Å²) in [6.07, 6.45) is 3.41. The van der Waals surface area contributed by atoms with Crippen LogP contribution in [-0.2, 0) is 13.1 Å². The summed E-state index contributed by atoms with van der Waals surface area (Å²) in [6.45, 7) is 1.48. The summed E-state index contributed by atoms with van der Waals surface area (Å²) in [4.78, 5) is 4.05. The normalized spacial score (nSPS) is 10.3. The molecule has 2 heterocycles. The summed E-state index contributed by atoms with van der Waals surface area (Å²) in [6, 6.07) is 7.69. The molecule has 0 aliphatic rings. The molecule has 2 aromatic heterocycles. The highest BCUT2D eigenvalue weighted by atomic mass is 16.5. The molecule has 0 aliphatic heterocycles. The smallest absolute Gasteiger partial charge is 0.213 e. The average Bonchev–Trinajstić information content (AvgIpc) is 2.82. The van der Waals surface area contributed by atoms with E-state index in [1.807, 2.05) is 24.3 Å². The second-order valence-corrected chi connectivity index (χ2v) is 3.39. The van der Waals surface area contributed by atoms with Gasteiger partial charge in [0.15, 0.2) is 0 Å². The van der Waals surface area contributed by atoms with Gasteiger partial charge in [0.1, 0.15) is 5.76 Å². The molecule has 1 N–H and O–H groups in total.